The lowest BCUT2D eigenvalue weighted by Crippen LogP contribution is -2.19. The van der Waals surface area contributed by atoms with Crippen LogP contribution in [0.1, 0.15) is 111 Å². The Morgan fingerprint density at radius 3 is 1.57 bits per heavy atom. The molecule has 0 aromatic heterocycles. The molecule has 2 atom stereocenters. The molecule has 0 radical (unpaired) electrons. The zero-order valence-corrected chi connectivity index (χ0v) is 15.2. The average Bonchev–Trinajstić information content (AvgIpc) is 2.50. The normalized spacial score (nSPS) is 14.3. The molecule has 0 aromatic carbocycles. The van der Waals surface area contributed by atoms with Gasteiger partial charge >= 0.3 is 0 Å². The van der Waals surface area contributed by atoms with E-state index in [4.69, 9.17) is 0 Å². The van der Waals surface area contributed by atoms with Gasteiger partial charge in [-0.1, -0.05) is 104 Å². The number of rotatable bonds is 16. The average molecular weight is 299 g/mol. The number of hydrogen-bond donors (Lipinski definition) is 1. The number of aliphatic hydroxyl groups is 1. The molecule has 1 nitrogen and oxygen atoms in total. The molecule has 0 aromatic rings. The first kappa shape index (κ1) is 21.0. The second-order valence-electron chi connectivity index (χ2n) is 6.90. The van der Waals surface area contributed by atoms with Crippen LogP contribution in [0.15, 0.2) is 0 Å². The van der Waals surface area contributed by atoms with E-state index in [1.54, 1.807) is 0 Å². The van der Waals surface area contributed by atoms with Crippen molar-refractivity contribution in [3.8, 4) is 0 Å². The van der Waals surface area contributed by atoms with Crippen molar-refractivity contribution in [3.63, 3.8) is 0 Å². The van der Waals surface area contributed by atoms with Crippen LogP contribution in [0.2, 0.25) is 0 Å². The quantitative estimate of drug-likeness (QED) is 0.313. The number of unbranched alkanes of at least 4 members (excludes halogenated alkanes) is 8. The minimum atomic E-state index is 0.408. The van der Waals surface area contributed by atoms with E-state index in [1.165, 1.54) is 89.9 Å². The third-order valence-corrected chi connectivity index (χ3v) is 4.92. The lowest BCUT2D eigenvalue weighted by molar-refractivity contribution is 0.149. The van der Waals surface area contributed by atoms with Crippen LogP contribution in [-0.2, 0) is 0 Å². The van der Waals surface area contributed by atoms with Crippen LogP contribution in [-0.4, -0.2) is 11.7 Å². The van der Waals surface area contributed by atoms with Crippen LogP contribution in [0.3, 0.4) is 0 Å². The van der Waals surface area contributed by atoms with Gasteiger partial charge < -0.3 is 5.11 Å². The van der Waals surface area contributed by atoms with E-state index in [9.17, 15) is 5.11 Å². The van der Waals surface area contributed by atoms with Gasteiger partial charge in [-0.2, -0.15) is 0 Å². The SMILES string of the molecule is CCCCCCCCCCC(CO)C(CCC)CCCC. The molecule has 0 fully saturated rings. The summed E-state index contributed by atoms with van der Waals surface area (Å²) in [6.45, 7) is 7.24. The third-order valence-electron chi connectivity index (χ3n) is 4.92. The van der Waals surface area contributed by atoms with Crippen LogP contribution in [0.5, 0.6) is 0 Å². The maximum absolute atomic E-state index is 9.72. The minimum Gasteiger partial charge on any atom is -0.396 e. The predicted molar refractivity (Wildman–Crippen MR) is 95.7 cm³/mol. The van der Waals surface area contributed by atoms with E-state index in [-0.39, 0.29) is 0 Å². The second kappa shape index (κ2) is 16.3. The molecule has 0 saturated carbocycles. The molecule has 0 aliphatic carbocycles. The fourth-order valence-electron chi connectivity index (χ4n) is 3.47. The zero-order valence-electron chi connectivity index (χ0n) is 15.2. The lowest BCUT2D eigenvalue weighted by Gasteiger charge is -2.25. The van der Waals surface area contributed by atoms with Gasteiger partial charge in [0.15, 0.2) is 0 Å². The molecule has 128 valence electrons. The van der Waals surface area contributed by atoms with Gasteiger partial charge in [-0.3, -0.25) is 0 Å². The third kappa shape index (κ3) is 12.2. The van der Waals surface area contributed by atoms with Crippen molar-refractivity contribution >= 4 is 0 Å². The first-order valence-electron chi connectivity index (χ1n) is 9.90. The summed E-state index contributed by atoms with van der Waals surface area (Å²) in [6, 6.07) is 0. The summed E-state index contributed by atoms with van der Waals surface area (Å²) >= 11 is 0. The molecule has 0 bridgehead atoms. The first-order valence-corrected chi connectivity index (χ1v) is 9.90. The largest absolute Gasteiger partial charge is 0.396 e. The van der Waals surface area contributed by atoms with Gasteiger partial charge in [0.05, 0.1) is 0 Å². The lowest BCUT2D eigenvalue weighted by atomic mass is 9.82. The Hall–Kier alpha value is -0.0400. The molecule has 0 spiro atoms. The predicted octanol–water partition coefficient (Wildman–Crippen LogP) is 6.73. The summed E-state index contributed by atoms with van der Waals surface area (Å²) in [5.74, 6) is 1.33. The Bertz CT molecular complexity index is 190. The fourth-order valence-corrected chi connectivity index (χ4v) is 3.47. The second-order valence-corrected chi connectivity index (χ2v) is 6.90. The van der Waals surface area contributed by atoms with Gasteiger partial charge in [0.1, 0.15) is 0 Å². The highest BCUT2D eigenvalue weighted by Crippen LogP contribution is 2.28. The topological polar surface area (TPSA) is 20.2 Å². The Morgan fingerprint density at radius 2 is 1.05 bits per heavy atom. The van der Waals surface area contributed by atoms with E-state index in [1.807, 2.05) is 0 Å². The summed E-state index contributed by atoms with van der Waals surface area (Å²) in [5, 5.41) is 9.72. The van der Waals surface area contributed by atoms with Crippen molar-refractivity contribution in [1.29, 1.82) is 0 Å². The van der Waals surface area contributed by atoms with Crippen molar-refractivity contribution < 1.29 is 5.11 Å². The van der Waals surface area contributed by atoms with Crippen molar-refractivity contribution in [2.24, 2.45) is 11.8 Å². The first-order chi connectivity index (χ1) is 10.3. The van der Waals surface area contributed by atoms with Crippen molar-refractivity contribution in [1.82, 2.24) is 0 Å². The molecule has 0 aliphatic heterocycles. The Balaban J connectivity index is 3.74. The molecule has 1 N–H and O–H groups in total. The van der Waals surface area contributed by atoms with Crippen molar-refractivity contribution in [3.05, 3.63) is 0 Å². The van der Waals surface area contributed by atoms with Crippen LogP contribution in [0.25, 0.3) is 0 Å². The summed E-state index contributed by atoms with van der Waals surface area (Å²) in [4.78, 5) is 0. The minimum absolute atomic E-state index is 0.408. The van der Waals surface area contributed by atoms with E-state index in [2.05, 4.69) is 20.8 Å². The maximum Gasteiger partial charge on any atom is 0.0461 e. The van der Waals surface area contributed by atoms with Gasteiger partial charge in [-0.15, -0.1) is 0 Å². The smallest absolute Gasteiger partial charge is 0.0461 e. The molecule has 0 heterocycles. The summed E-state index contributed by atoms with van der Waals surface area (Å²) in [7, 11) is 0. The van der Waals surface area contributed by atoms with Crippen LogP contribution >= 0.6 is 0 Å². The molecule has 0 rings (SSSR count). The van der Waals surface area contributed by atoms with Gasteiger partial charge in [0.2, 0.25) is 0 Å². The van der Waals surface area contributed by atoms with Crippen LogP contribution in [0, 0.1) is 11.8 Å². The molecule has 0 aliphatic rings. The summed E-state index contributed by atoms with van der Waals surface area (Å²) in [6.07, 6.45) is 18.9. The summed E-state index contributed by atoms with van der Waals surface area (Å²) < 4.78 is 0. The van der Waals surface area contributed by atoms with Gasteiger partial charge in [0, 0.05) is 6.61 Å². The molecule has 2 unspecified atom stereocenters. The van der Waals surface area contributed by atoms with E-state index in [0.29, 0.717) is 12.5 Å². The number of hydrogen-bond acceptors (Lipinski definition) is 1. The molecule has 1 heteroatoms. The Labute approximate surface area is 134 Å². The van der Waals surface area contributed by atoms with Crippen molar-refractivity contribution in [2.75, 3.05) is 6.61 Å². The molecular formula is C20H42O. The Kier molecular flexibility index (Phi) is 16.3. The Morgan fingerprint density at radius 1 is 0.524 bits per heavy atom. The molecular weight excluding hydrogens is 256 g/mol. The van der Waals surface area contributed by atoms with E-state index >= 15 is 0 Å². The van der Waals surface area contributed by atoms with Crippen molar-refractivity contribution in [2.45, 2.75) is 111 Å². The number of aliphatic hydroxyl groups excluding tert-OH is 1. The zero-order chi connectivity index (χ0) is 15.8. The van der Waals surface area contributed by atoms with Crippen LogP contribution in [0.4, 0.5) is 0 Å². The van der Waals surface area contributed by atoms with Gasteiger partial charge in [0.25, 0.3) is 0 Å². The molecule has 0 saturated heterocycles. The highest BCUT2D eigenvalue weighted by atomic mass is 16.3. The highest BCUT2D eigenvalue weighted by molar-refractivity contribution is 4.70. The highest BCUT2D eigenvalue weighted by Gasteiger charge is 2.19. The van der Waals surface area contributed by atoms with Crippen LogP contribution < -0.4 is 0 Å². The molecule has 21 heavy (non-hydrogen) atoms. The maximum atomic E-state index is 9.72. The molecule has 0 amide bonds. The monoisotopic (exact) mass is 298 g/mol. The van der Waals surface area contributed by atoms with E-state index in [0.717, 1.165) is 5.92 Å². The van der Waals surface area contributed by atoms with Gasteiger partial charge in [-0.05, 0) is 18.3 Å². The van der Waals surface area contributed by atoms with E-state index < -0.39 is 0 Å². The fraction of sp³-hybridized carbons (Fsp3) is 1.00. The standard InChI is InChI=1S/C20H42O/c1-4-7-9-10-11-12-13-14-17-20(18-21)19(15-6-3)16-8-5-2/h19-21H,4-18H2,1-3H3. The van der Waals surface area contributed by atoms with Gasteiger partial charge in [-0.25, -0.2) is 0 Å². The summed E-state index contributed by atoms with van der Waals surface area (Å²) in [5.41, 5.74) is 0.